The molecule has 3 heterocycles. The molecule has 5 rings (SSSR count). The van der Waals surface area contributed by atoms with E-state index in [1.165, 1.54) is 0 Å². The SMILES string of the molecule is O=C(Cc1ccccc1I)Nc1cc(-c2ccncc2)cc2nc(-c3ccccc3)nn12. The Balaban J connectivity index is 1.56. The molecule has 2 aromatic carbocycles. The van der Waals surface area contributed by atoms with Crippen molar-refractivity contribution in [3.63, 3.8) is 0 Å². The predicted molar refractivity (Wildman–Crippen MR) is 133 cm³/mol. The average molecular weight is 531 g/mol. The summed E-state index contributed by atoms with van der Waals surface area (Å²) in [5.41, 5.74) is 4.47. The number of anilines is 1. The fourth-order valence-electron chi connectivity index (χ4n) is 3.50. The van der Waals surface area contributed by atoms with Crippen LogP contribution in [0.1, 0.15) is 5.56 Å². The number of amides is 1. The van der Waals surface area contributed by atoms with Gasteiger partial charge in [0.2, 0.25) is 5.91 Å². The lowest BCUT2D eigenvalue weighted by Gasteiger charge is -2.10. The van der Waals surface area contributed by atoms with E-state index in [4.69, 9.17) is 4.98 Å². The van der Waals surface area contributed by atoms with Crippen LogP contribution in [0.5, 0.6) is 0 Å². The molecule has 6 nitrogen and oxygen atoms in total. The summed E-state index contributed by atoms with van der Waals surface area (Å²) < 4.78 is 2.74. The molecule has 32 heavy (non-hydrogen) atoms. The van der Waals surface area contributed by atoms with Crippen molar-refractivity contribution in [3.8, 4) is 22.5 Å². The lowest BCUT2D eigenvalue weighted by molar-refractivity contribution is -0.115. The van der Waals surface area contributed by atoms with Gasteiger partial charge in [-0.05, 0) is 69.6 Å². The van der Waals surface area contributed by atoms with Crippen LogP contribution in [0.25, 0.3) is 28.2 Å². The first kappa shape index (κ1) is 20.3. The van der Waals surface area contributed by atoms with Crippen LogP contribution in [-0.4, -0.2) is 25.5 Å². The van der Waals surface area contributed by atoms with Gasteiger partial charge in [-0.3, -0.25) is 9.78 Å². The van der Waals surface area contributed by atoms with E-state index in [0.717, 1.165) is 25.8 Å². The van der Waals surface area contributed by atoms with Gasteiger partial charge in [-0.15, -0.1) is 5.10 Å². The molecule has 3 aromatic heterocycles. The van der Waals surface area contributed by atoms with Crippen molar-refractivity contribution >= 4 is 40.0 Å². The highest BCUT2D eigenvalue weighted by molar-refractivity contribution is 14.1. The Kier molecular flexibility index (Phi) is 5.64. The second kappa shape index (κ2) is 8.88. The summed E-state index contributed by atoms with van der Waals surface area (Å²) in [5.74, 6) is 1.06. The molecule has 0 bridgehead atoms. The largest absolute Gasteiger partial charge is 0.310 e. The Morgan fingerprint density at radius 1 is 0.875 bits per heavy atom. The fraction of sp³-hybridized carbons (Fsp3) is 0.0400. The van der Waals surface area contributed by atoms with Crippen molar-refractivity contribution in [3.05, 3.63) is 100 Å². The number of hydrogen-bond donors (Lipinski definition) is 1. The second-order valence-electron chi connectivity index (χ2n) is 7.25. The van der Waals surface area contributed by atoms with Gasteiger partial charge < -0.3 is 5.32 Å². The standard InChI is InChI=1S/C25H18IN5O/c26-21-9-5-4-8-19(21)16-24(32)28-22-14-20(17-10-12-27-13-11-17)15-23-29-25(30-31(22)23)18-6-2-1-3-7-18/h1-15H,16H2,(H,28,32). The van der Waals surface area contributed by atoms with E-state index < -0.39 is 0 Å². The zero-order valence-electron chi connectivity index (χ0n) is 16.9. The van der Waals surface area contributed by atoms with Crippen LogP contribution in [0.4, 0.5) is 5.82 Å². The lowest BCUT2D eigenvalue weighted by Crippen LogP contribution is -2.17. The number of carbonyl (C=O) groups is 1. The van der Waals surface area contributed by atoms with Gasteiger partial charge in [0, 0.05) is 21.5 Å². The Labute approximate surface area is 198 Å². The summed E-state index contributed by atoms with van der Waals surface area (Å²) in [5, 5.41) is 7.71. The number of pyridine rings is 2. The maximum Gasteiger partial charge on any atom is 0.229 e. The first-order valence-electron chi connectivity index (χ1n) is 10.1. The molecule has 1 amide bonds. The van der Waals surface area contributed by atoms with Crippen molar-refractivity contribution in [1.29, 1.82) is 0 Å². The van der Waals surface area contributed by atoms with Gasteiger partial charge in [-0.2, -0.15) is 4.52 Å². The lowest BCUT2D eigenvalue weighted by atomic mass is 10.1. The highest BCUT2D eigenvalue weighted by Crippen LogP contribution is 2.26. The zero-order valence-corrected chi connectivity index (χ0v) is 19.1. The number of fused-ring (bicyclic) bond motifs is 1. The zero-order chi connectivity index (χ0) is 21.9. The van der Waals surface area contributed by atoms with E-state index in [-0.39, 0.29) is 12.3 Å². The van der Waals surface area contributed by atoms with E-state index >= 15 is 0 Å². The molecule has 1 N–H and O–H groups in total. The monoisotopic (exact) mass is 531 g/mol. The number of halogens is 1. The summed E-state index contributed by atoms with van der Waals surface area (Å²) >= 11 is 2.25. The van der Waals surface area contributed by atoms with Crippen LogP contribution in [0.3, 0.4) is 0 Å². The number of aromatic nitrogens is 4. The van der Waals surface area contributed by atoms with Crippen molar-refractivity contribution in [2.45, 2.75) is 6.42 Å². The third-order valence-corrected chi connectivity index (χ3v) is 6.11. The highest BCUT2D eigenvalue weighted by Gasteiger charge is 2.15. The molecule has 5 aromatic rings. The molecule has 0 aliphatic carbocycles. The first-order chi connectivity index (χ1) is 15.7. The maximum absolute atomic E-state index is 12.9. The number of nitrogens with one attached hydrogen (secondary N) is 1. The highest BCUT2D eigenvalue weighted by atomic mass is 127. The number of hydrogen-bond acceptors (Lipinski definition) is 4. The van der Waals surface area contributed by atoms with Gasteiger partial charge in [0.15, 0.2) is 11.5 Å². The minimum atomic E-state index is -0.112. The Morgan fingerprint density at radius 3 is 2.41 bits per heavy atom. The van der Waals surface area contributed by atoms with Crippen molar-refractivity contribution in [2.24, 2.45) is 0 Å². The molecular weight excluding hydrogens is 513 g/mol. The molecule has 0 saturated heterocycles. The van der Waals surface area contributed by atoms with E-state index in [2.05, 4.69) is 38.0 Å². The van der Waals surface area contributed by atoms with Crippen molar-refractivity contribution in [1.82, 2.24) is 19.6 Å². The number of benzene rings is 2. The molecule has 156 valence electrons. The van der Waals surface area contributed by atoms with Crippen LogP contribution >= 0.6 is 22.6 Å². The summed E-state index contributed by atoms with van der Waals surface area (Å²) in [7, 11) is 0. The molecule has 0 saturated carbocycles. The van der Waals surface area contributed by atoms with E-state index in [0.29, 0.717) is 17.3 Å². The Hall–Kier alpha value is -3.59. The smallest absolute Gasteiger partial charge is 0.229 e. The van der Waals surface area contributed by atoms with Gasteiger partial charge in [-0.25, -0.2) is 4.98 Å². The normalized spacial score (nSPS) is 10.9. The van der Waals surface area contributed by atoms with Gasteiger partial charge in [-0.1, -0.05) is 48.5 Å². The quantitative estimate of drug-likeness (QED) is 0.315. The third-order valence-electron chi connectivity index (χ3n) is 5.06. The molecular formula is C25H18IN5O. The fourth-order valence-corrected chi connectivity index (χ4v) is 4.07. The molecule has 0 aliphatic rings. The second-order valence-corrected chi connectivity index (χ2v) is 8.42. The van der Waals surface area contributed by atoms with E-state index in [1.807, 2.05) is 78.9 Å². The molecule has 0 spiro atoms. The summed E-state index contributed by atoms with van der Waals surface area (Å²) in [6.45, 7) is 0. The van der Waals surface area contributed by atoms with Crippen LogP contribution in [0.15, 0.2) is 91.3 Å². The third kappa shape index (κ3) is 4.24. The summed E-state index contributed by atoms with van der Waals surface area (Å²) in [6, 6.07) is 25.4. The predicted octanol–water partition coefficient (Wildman–Crippen LogP) is 5.24. The summed E-state index contributed by atoms with van der Waals surface area (Å²) in [6.07, 6.45) is 3.77. The molecule has 0 unspecified atom stereocenters. The molecule has 7 heteroatoms. The minimum absolute atomic E-state index is 0.112. The first-order valence-corrected chi connectivity index (χ1v) is 11.2. The van der Waals surface area contributed by atoms with Crippen LogP contribution in [-0.2, 0) is 11.2 Å². The van der Waals surface area contributed by atoms with Gasteiger partial charge >= 0.3 is 0 Å². The van der Waals surface area contributed by atoms with Crippen LogP contribution in [0.2, 0.25) is 0 Å². The van der Waals surface area contributed by atoms with Crippen LogP contribution in [0, 0.1) is 3.57 Å². The summed E-state index contributed by atoms with van der Waals surface area (Å²) in [4.78, 5) is 21.7. The van der Waals surface area contributed by atoms with Gasteiger partial charge in [0.25, 0.3) is 0 Å². The Bertz CT molecular complexity index is 1400. The van der Waals surface area contributed by atoms with Crippen LogP contribution < -0.4 is 5.32 Å². The van der Waals surface area contributed by atoms with E-state index in [1.54, 1.807) is 16.9 Å². The molecule has 0 fully saturated rings. The van der Waals surface area contributed by atoms with Gasteiger partial charge in [0.05, 0.1) is 6.42 Å². The number of rotatable bonds is 5. The molecule has 0 aliphatic heterocycles. The van der Waals surface area contributed by atoms with Crippen molar-refractivity contribution in [2.75, 3.05) is 5.32 Å². The molecule has 0 radical (unpaired) electrons. The maximum atomic E-state index is 12.9. The van der Waals surface area contributed by atoms with Gasteiger partial charge in [0.1, 0.15) is 5.82 Å². The van der Waals surface area contributed by atoms with E-state index in [9.17, 15) is 4.79 Å². The Morgan fingerprint density at radius 2 is 1.62 bits per heavy atom. The number of nitrogens with zero attached hydrogens (tertiary/aromatic N) is 4. The minimum Gasteiger partial charge on any atom is -0.310 e. The van der Waals surface area contributed by atoms with Crippen molar-refractivity contribution < 1.29 is 4.79 Å². The average Bonchev–Trinajstić information content (AvgIpc) is 3.26. The topological polar surface area (TPSA) is 72.2 Å². The molecule has 0 atom stereocenters. The number of carbonyl (C=O) groups excluding carboxylic acids is 1.